The molecule has 2 rings (SSSR count). The minimum Gasteiger partial charge on any atom is -0.493 e. The number of aliphatic hydroxyl groups is 2. The van der Waals surface area contributed by atoms with E-state index in [1.807, 2.05) is 60.7 Å². The summed E-state index contributed by atoms with van der Waals surface area (Å²) in [5.74, 6) is 1.65. The molecule has 0 saturated heterocycles. The molecule has 0 aliphatic rings. The Bertz CT molecular complexity index is 657. The van der Waals surface area contributed by atoms with Gasteiger partial charge in [0.15, 0.2) is 0 Å². The van der Waals surface area contributed by atoms with Crippen LogP contribution in [0.4, 0.5) is 0 Å². The zero-order valence-corrected chi connectivity index (χ0v) is 18.6. The fraction of sp³-hybridized carbons (Fsp3) is 0.520. The number of rotatable bonds is 18. The lowest BCUT2D eigenvalue weighted by Crippen LogP contribution is -2.86. The molecule has 6 heteroatoms. The Labute approximate surface area is 186 Å². The normalized spacial score (nSPS) is 13.0. The van der Waals surface area contributed by atoms with Gasteiger partial charge in [0.1, 0.15) is 43.4 Å². The second-order valence-electron chi connectivity index (χ2n) is 7.92. The lowest BCUT2D eigenvalue weighted by atomic mass is 10.2. The van der Waals surface area contributed by atoms with Gasteiger partial charge in [-0.1, -0.05) is 36.4 Å². The molecule has 6 N–H and O–H groups in total. The second kappa shape index (κ2) is 16.6. The largest absolute Gasteiger partial charge is 0.493 e. The van der Waals surface area contributed by atoms with Crippen LogP contribution < -0.4 is 20.1 Å². The molecule has 0 aliphatic carbocycles. The van der Waals surface area contributed by atoms with Gasteiger partial charge in [-0.25, -0.2) is 0 Å². The summed E-state index contributed by atoms with van der Waals surface area (Å²) in [4.78, 5) is 0. The maximum Gasteiger partial charge on any atom is 0.137 e. The summed E-state index contributed by atoms with van der Waals surface area (Å²) in [6.45, 7) is 4.37. The van der Waals surface area contributed by atoms with Crippen LogP contribution in [0.3, 0.4) is 0 Å². The predicted molar refractivity (Wildman–Crippen MR) is 122 cm³/mol. The highest BCUT2D eigenvalue weighted by Crippen LogP contribution is 2.09. The van der Waals surface area contributed by atoms with Crippen molar-refractivity contribution in [2.45, 2.75) is 44.3 Å². The molecule has 0 unspecified atom stereocenters. The van der Waals surface area contributed by atoms with Crippen LogP contribution >= 0.6 is 0 Å². The van der Waals surface area contributed by atoms with Crippen molar-refractivity contribution in [3.63, 3.8) is 0 Å². The Morgan fingerprint density at radius 1 is 0.645 bits per heavy atom. The maximum absolute atomic E-state index is 10.0. The Balaban J connectivity index is 1.32. The highest BCUT2D eigenvalue weighted by Gasteiger charge is 2.08. The third-order valence-corrected chi connectivity index (χ3v) is 5.09. The SMILES string of the molecule is O[C@H](CCOc1ccccc1)C[NH2+]CCCCCC[NH2+]C[C@H](O)COc1ccccc1. The van der Waals surface area contributed by atoms with E-state index in [2.05, 4.69) is 10.6 Å². The summed E-state index contributed by atoms with van der Waals surface area (Å²) < 4.78 is 11.2. The monoisotopic (exact) mass is 432 g/mol. The molecule has 31 heavy (non-hydrogen) atoms. The molecular formula is C25H40N2O4+2. The fourth-order valence-electron chi connectivity index (χ4n) is 3.28. The van der Waals surface area contributed by atoms with Crippen molar-refractivity contribution in [2.75, 3.05) is 39.4 Å². The van der Waals surface area contributed by atoms with Crippen molar-refractivity contribution >= 4 is 0 Å². The van der Waals surface area contributed by atoms with Gasteiger partial charge in [-0.05, 0) is 49.9 Å². The maximum atomic E-state index is 10.0. The van der Waals surface area contributed by atoms with Gasteiger partial charge in [-0.3, -0.25) is 0 Å². The summed E-state index contributed by atoms with van der Waals surface area (Å²) >= 11 is 0. The quantitative estimate of drug-likeness (QED) is 0.264. The van der Waals surface area contributed by atoms with Gasteiger partial charge in [0.2, 0.25) is 0 Å². The van der Waals surface area contributed by atoms with Gasteiger partial charge in [0.25, 0.3) is 0 Å². The molecule has 6 nitrogen and oxygen atoms in total. The van der Waals surface area contributed by atoms with Crippen LogP contribution in [0.25, 0.3) is 0 Å². The van der Waals surface area contributed by atoms with Gasteiger partial charge in [-0.15, -0.1) is 0 Å². The van der Waals surface area contributed by atoms with E-state index in [9.17, 15) is 10.2 Å². The van der Waals surface area contributed by atoms with Gasteiger partial charge in [-0.2, -0.15) is 0 Å². The van der Waals surface area contributed by atoms with Crippen LogP contribution in [0, 0.1) is 0 Å². The molecule has 0 fully saturated rings. The van der Waals surface area contributed by atoms with Crippen molar-refractivity contribution in [3.05, 3.63) is 60.7 Å². The zero-order valence-electron chi connectivity index (χ0n) is 18.6. The molecule has 172 valence electrons. The van der Waals surface area contributed by atoms with E-state index in [1.165, 1.54) is 19.3 Å². The Morgan fingerprint density at radius 3 is 1.74 bits per heavy atom. The van der Waals surface area contributed by atoms with Crippen molar-refractivity contribution < 1.29 is 30.3 Å². The average Bonchev–Trinajstić information content (AvgIpc) is 2.80. The Hall–Kier alpha value is -2.12. The lowest BCUT2D eigenvalue weighted by molar-refractivity contribution is -0.662. The molecule has 0 radical (unpaired) electrons. The van der Waals surface area contributed by atoms with Gasteiger partial charge in [0, 0.05) is 6.42 Å². The number of aliphatic hydroxyl groups excluding tert-OH is 2. The standard InChI is InChI=1S/C25H38N2O4/c28-22(15-18-30-24-11-5-3-6-12-24)19-26-16-9-1-2-10-17-27-20-23(29)21-31-25-13-7-4-8-14-25/h3-8,11-14,22-23,26-29H,1-2,9-10,15-21H2/p+2/t22-,23+/m1/s1. The third-order valence-electron chi connectivity index (χ3n) is 5.09. The third kappa shape index (κ3) is 13.0. The molecule has 0 aromatic heterocycles. The Morgan fingerprint density at radius 2 is 1.16 bits per heavy atom. The van der Waals surface area contributed by atoms with Crippen molar-refractivity contribution in [1.82, 2.24) is 0 Å². The van der Waals surface area contributed by atoms with Gasteiger partial charge < -0.3 is 30.3 Å². The summed E-state index contributed by atoms with van der Waals surface area (Å²) in [5.41, 5.74) is 0. The van der Waals surface area contributed by atoms with E-state index >= 15 is 0 Å². The predicted octanol–water partition coefficient (Wildman–Crippen LogP) is 0.944. The molecule has 0 saturated carbocycles. The minimum absolute atomic E-state index is 0.324. The molecule has 2 aromatic rings. The van der Waals surface area contributed by atoms with Gasteiger partial charge >= 0.3 is 0 Å². The van der Waals surface area contributed by atoms with E-state index < -0.39 is 6.10 Å². The summed E-state index contributed by atoms with van der Waals surface area (Å²) in [6, 6.07) is 19.3. The van der Waals surface area contributed by atoms with E-state index in [0.717, 1.165) is 37.6 Å². The smallest absolute Gasteiger partial charge is 0.137 e. The van der Waals surface area contributed by atoms with Crippen LogP contribution in [-0.2, 0) is 0 Å². The van der Waals surface area contributed by atoms with E-state index in [-0.39, 0.29) is 6.10 Å². The molecule has 0 bridgehead atoms. The van der Waals surface area contributed by atoms with Crippen LogP contribution in [-0.4, -0.2) is 61.8 Å². The highest BCUT2D eigenvalue weighted by atomic mass is 16.5. The highest BCUT2D eigenvalue weighted by molar-refractivity contribution is 5.21. The van der Waals surface area contributed by atoms with Crippen LogP contribution in [0.1, 0.15) is 32.1 Å². The number of unbranched alkanes of at least 4 members (excludes halogenated alkanes) is 3. The first-order chi connectivity index (χ1) is 15.2. The van der Waals surface area contributed by atoms with Crippen LogP contribution in [0.5, 0.6) is 11.5 Å². The van der Waals surface area contributed by atoms with E-state index in [1.54, 1.807) is 0 Å². The average molecular weight is 433 g/mol. The molecule has 0 heterocycles. The molecule has 2 atom stereocenters. The number of quaternary nitrogens is 2. The first kappa shape index (κ1) is 25.1. The number of nitrogens with two attached hydrogens (primary N) is 2. The number of hydrogen-bond acceptors (Lipinski definition) is 4. The number of ether oxygens (including phenoxy) is 2. The Kier molecular flexibility index (Phi) is 13.4. The number of benzene rings is 2. The van der Waals surface area contributed by atoms with Crippen molar-refractivity contribution in [2.24, 2.45) is 0 Å². The molecular weight excluding hydrogens is 392 g/mol. The summed E-state index contributed by atoms with van der Waals surface area (Å²) in [5, 5.41) is 24.4. The topological polar surface area (TPSA) is 92.1 Å². The zero-order chi connectivity index (χ0) is 22.0. The molecule has 0 amide bonds. The summed E-state index contributed by atoms with van der Waals surface area (Å²) in [7, 11) is 0. The lowest BCUT2D eigenvalue weighted by Gasteiger charge is -2.11. The number of hydrogen-bond donors (Lipinski definition) is 4. The first-order valence-corrected chi connectivity index (χ1v) is 11.6. The number of para-hydroxylation sites is 2. The second-order valence-corrected chi connectivity index (χ2v) is 7.92. The molecule has 0 spiro atoms. The fourth-order valence-corrected chi connectivity index (χ4v) is 3.28. The van der Waals surface area contributed by atoms with Crippen LogP contribution in [0.2, 0.25) is 0 Å². The van der Waals surface area contributed by atoms with E-state index in [4.69, 9.17) is 9.47 Å². The minimum atomic E-state index is -0.445. The van der Waals surface area contributed by atoms with E-state index in [0.29, 0.717) is 26.2 Å². The van der Waals surface area contributed by atoms with Gasteiger partial charge in [0.05, 0.1) is 19.7 Å². The van der Waals surface area contributed by atoms with Crippen LogP contribution in [0.15, 0.2) is 60.7 Å². The molecule has 2 aromatic carbocycles. The summed E-state index contributed by atoms with van der Waals surface area (Å²) in [6.07, 6.45) is 4.62. The van der Waals surface area contributed by atoms with Crippen molar-refractivity contribution in [3.8, 4) is 11.5 Å². The molecule has 0 aliphatic heterocycles. The van der Waals surface area contributed by atoms with Crippen molar-refractivity contribution in [1.29, 1.82) is 0 Å². The first-order valence-electron chi connectivity index (χ1n) is 11.6.